The van der Waals surface area contributed by atoms with Gasteiger partial charge in [-0.05, 0) is 49.1 Å². The number of hydrogen-bond donors (Lipinski definition) is 2. The van der Waals surface area contributed by atoms with Crippen LogP contribution < -0.4 is 11.1 Å². The van der Waals surface area contributed by atoms with E-state index in [9.17, 15) is 0 Å². The third kappa shape index (κ3) is 3.24. The third-order valence-corrected chi connectivity index (χ3v) is 2.73. The molecule has 1 rings (SSSR count). The summed E-state index contributed by atoms with van der Waals surface area (Å²) in [6, 6.07) is 4.07. The number of nitrogen functional groups attached to an aromatic ring is 1. The topological polar surface area (TPSA) is 38.0 Å². The van der Waals surface area contributed by atoms with Crippen molar-refractivity contribution < 1.29 is 0 Å². The number of hydrogen-bond acceptors (Lipinski definition) is 2. The molecule has 0 bridgehead atoms. The van der Waals surface area contributed by atoms with Crippen molar-refractivity contribution in [2.45, 2.75) is 34.2 Å². The van der Waals surface area contributed by atoms with Crippen LogP contribution in [0.4, 0.5) is 5.69 Å². The Labute approximate surface area is 92.9 Å². The minimum Gasteiger partial charge on any atom is -0.399 e. The van der Waals surface area contributed by atoms with Crippen molar-refractivity contribution >= 4 is 5.69 Å². The molecular formula is C13H22N2. The molecule has 0 fully saturated rings. The van der Waals surface area contributed by atoms with E-state index in [0.717, 1.165) is 18.8 Å². The molecule has 0 aliphatic carbocycles. The highest BCUT2D eigenvalue weighted by Crippen LogP contribution is 2.19. The summed E-state index contributed by atoms with van der Waals surface area (Å²) < 4.78 is 0. The molecule has 15 heavy (non-hydrogen) atoms. The maximum absolute atomic E-state index is 5.89. The fraction of sp³-hybridized carbons (Fsp3) is 0.538. The summed E-state index contributed by atoms with van der Waals surface area (Å²) in [6.45, 7) is 10.6. The van der Waals surface area contributed by atoms with E-state index in [1.807, 2.05) is 6.07 Å². The molecule has 0 amide bonds. The molecule has 0 saturated heterocycles. The summed E-state index contributed by atoms with van der Waals surface area (Å²) in [5.74, 6) is 0.687. The van der Waals surface area contributed by atoms with Gasteiger partial charge >= 0.3 is 0 Å². The Balaban J connectivity index is 2.71. The Bertz CT molecular complexity index is 330. The molecule has 0 unspecified atom stereocenters. The monoisotopic (exact) mass is 206 g/mol. The summed E-state index contributed by atoms with van der Waals surface area (Å²) >= 11 is 0. The molecule has 1 aromatic rings. The average Bonchev–Trinajstić information content (AvgIpc) is 2.17. The highest BCUT2D eigenvalue weighted by atomic mass is 14.9. The van der Waals surface area contributed by atoms with Crippen molar-refractivity contribution in [3.05, 3.63) is 28.8 Å². The van der Waals surface area contributed by atoms with E-state index >= 15 is 0 Å². The third-order valence-electron chi connectivity index (χ3n) is 2.73. The SMILES string of the molecule is Cc1ccc(N)c(C)c1CNCC(C)C. The van der Waals surface area contributed by atoms with Gasteiger partial charge in [0.05, 0.1) is 0 Å². The maximum Gasteiger partial charge on any atom is 0.0347 e. The van der Waals surface area contributed by atoms with Gasteiger partial charge in [-0.2, -0.15) is 0 Å². The molecule has 1 aromatic carbocycles. The van der Waals surface area contributed by atoms with Crippen LogP contribution in [-0.2, 0) is 6.54 Å². The van der Waals surface area contributed by atoms with Crippen LogP contribution in [0.25, 0.3) is 0 Å². The lowest BCUT2D eigenvalue weighted by atomic mass is 10.0. The Morgan fingerprint density at radius 1 is 1.27 bits per heavy atom. The second-order valence-electron chi connectivity index (χ2n) is 4.60. The molecule has 0 spiro atoms. The first-order chi connectivity index (χ1) is 7.02. The molecule has 0 atom stereocenters. The predicted octanol–water partition coefficient (Wildman–Crippen LogP) is 2.63. The van der Waals surface area contributed by atoms with Gasteiger partial charge < -0.3 is 11.1 Å². The van der Waals surface area contributed by atoms with E-state index in [0.29, 0.717) is 5.92 Å². The van der Waals surface area contributed by atoms with Crippen molar-refractivity contribution in [1.29, 1.82) is 0 Å². The summed E-state index contributed by atoms with van der Waals surface area (Å²) in [5.41, 5.74) is 10.7. The van der Waals surface area contributed by atoms with Gasteiger partial charge in [0.25, 0.3) is 0 Å². The van der Waals surface area contributed by atoms with E-state index < -0.39 is 0 Å². The number of rotatable bonds is 4. The van der Waals surface area contributed by atoms with Crippen molar-refractivity contribution in [2.75, 3.05) is 12.3 Å². The smallest absolute Gasteiger partial charge is 0.0347 e. The van der Waals surface area contributed by atoms with Crippen molar-refractivity contribution in [3.8, 4) is 0 Å². The van der Waals surface area contributed by atoms with E-state index in [4.69, 9.17) is 5.73 Å². The van der Waals surface area contributed by atoms with Crippen LogP contribution >= 0.6 is 0 Å². The lowest BCUT2D eigenvalue weighted by molar-refractivity contribution is 0.551. The quantitative estimate of drug-likeness (QED) is 0.743. The van der Waals surface area contributed by atoms with E-state index in [2.05, 4.69) is 39.1 Å². The van der Waals surface area contributed by atoms with Gasteiger partial charge in [-0.15, -0.1) is 0 Å². The van der Waals surface area contributed by atoms with Gasteiger partial charge in [-0.1, -0.05) is 19.9 Å². The zero-order chi connectivity index (χ0) is 11.4. The summed E-state index contributed by atoms with van der Waals surface area (Å²) in [6.07, 6.45) is 0. The number of nitrogens with one attached hydrogen (secondary N) is 1. The summed E-state index contributed by atoms with van der Waals surface area (Å²) in [7, 11) is 0. The first-order valence-electron chi connectivity index (χ1n) is 5.57. The largest absolute Gasteiger partial charge is 0.399 e. The van der Waals surface area contributed by atoms with E-state index in [-0.39, 0.29) is 0 Å². The molecule has 0 aliphatic heterocycles. The first-order valence-corrected chi connectivity index (χ1v) is 5.57. The van der Waals surface area contributed by atoms with E-state index in [1.165, 1.54) is 16.7 Å². The molecule has 3 N–H and O–H groups in total. The lowest BCUT2D eigenvalue weighted by Gasteiger charge is -2.14. The van der Waals surface area contributed by atoms with Crippen LogP contribution in [0, 0.1) is 19.8 Å². The maximum atomic E-state index is 5.89. The number of benzene rings is 1. The summed E-state index contributed by atoms with van der Waals surface area (Å²) in [4.78, 5) is 0. The molecule has 0 aromatic heterocycles. The molecule has 0 radical (unpaired) electrons. The van der Waals surface area contributed by atoms with Crippen LogP contribution in [0.2, 0.25) is 0 Å². The molecule has 0 heterocycles. The highest BCUT2D eigenvalue weighted by molar-refractivity contribution is 5.52. The van der Waals surface area contributed by atoms with Crippen molar-refractivity contribution in [2.24, 2.45) is 5.92 Å². The second-order valence-corrected chi connectivity index (χ2v) is 4.60. The van der Waals surface area contributed by atoms with Gasteiger partial charge in [0, 0.05) is 12.2 Å². The fourth-order valence-corrected chi connectivity index (χ4v) is 1.67. The number of aryl methyl sites for hydroxylation is 1. The van der Waals surface area contributed by atoms with Gasteiger partial charge in [-0.3, -0.25) is 0 Å². The first kappa shape index (κ1) is 12.1. The zero-order valence-corrected chi connectivity index (χ0v) is 10.2. The van der Waals surface area contributed by atoms with Crippen molar-refractivity contribution in [3.63, 3.8) is 0 Å². The molecule has 2 nitrogen and oxygen atoms in total. The predicted molar refractivity (Wildman–Crippen MR) is 66.9 cm³/mol. The fourth-order valence-electron chi connectivity index (χ4n) is 1.67. The van der Waals surface area contributed by atoms with Gasteiger partial charge in [0.1, 0.15) is 0 Å². The highest BCUT2D eigenvalue weighted by Gasteiger charge is 2.05. The van der Waals surface area contributed by atoms with Crippen LogP contribution in [0.15, 0.2) is 12.1 Å². The zero-order valence-electron chi connectivity index (χ0n) is 10.2. The number of nitrogens with two attached hydrogens (primary N) is 1. The normalized spacial score (nSPS) is 11.0. The van der Waals surface area contributed by atoms with Crippen LogP contribution in [0.5, 0.6) is 0 Å². The minimum atomic E-state index is 0.687. The molecule has 0 aliphatic rings. The van der Waals surface area contributed by atoms with Crippen LogP contribution in [0.3, 0.4) is 0 Å². The average molecular weight is 206 g/mol. The van der Waals surface area contributed by atoms with Crippen LogP contribution in [-0.4, -0.2) is 6.54 Å². The molecule has 84 valence electrons. The van der Waals surface area contributed by atoms with Crippen LogP contribution in [0.1, 0.15) is 30.5 Å². The lowest BCUT2D eigenvalue weighted by Crippen LogP contribution is -2.20. The minimum absolute atomic E-state index is 0.687. The molecule has 2 heteroatoms. The molecule has 0 saturated carbocycles. The van der Waals surface area contributed by atoms with Crippen molar-refractivity contribution in [1.82, 2.24) is 5.32 Å². The van der Waals surface area contributed by atoms with Gasteiger partial charge in [0.15, 0.2) is 0 Å². The van der Waals surface area contributed by atoms with E-state index in [1.54, 1.807) is 0 Å². The van der Waals surface area contributed by atoms with Gasteiger partial charge in [0.2, 0.25) is 0 Å². The Hall–Kier alpha value is -1.02. The standard InChI is InChI=1S/C13H22N2/c1-9(2)7-15-8-12-10(3)5-6-13(14)11(12)4/h5-6,9,15H,7-8,14H2,1-4H3. The second kappa shape index (κ2) is 5.17. The Morgan fingerprint density at radius 3 is 2.53 bits per heavy atom. The number of anilines is 1. The van der Waals surface area contributed by atoms with Gasteiger partial charge in [-0.25, -0.2) is 0 Å². The Kier molecular flexibility index (Phi) is 4.15. The Morgan fingerprint density at radius 2 is 1.93 bits per heavy atom. The molecular weight excluding hydrogens is 184 g/mol. The summed E-state index contributed by atoms with van der Waals surface area (Å²) in [5, 5.41) is 3.45.